The Labute approximate surface area is 145 Å². The molecule has 1 aromatic carbocycles. The number of rotatable bonds is 4. The molecule has 2 aliphatic heterocycles. The monoisotopic (exact) mass is 331 g/mol. The van der Waals surface area contributed by atoms with Gasteiger partial charge in [0.25, 0.3) is 0 Å². The predicted octanol–water partition coefficient (Wildman–Crippen LogP) is 3.36. The molecule has 0 spiro atoms. The standard InChI is InChI=1S/C19H29N3S/c1-3-20-19(23)21-16-11-17-5-4-6-18(12-16)22(17)13-15-9-7-14(2)8-10-15/h7-10,16-18H,3-6,11-13H2,1-2H3,(H2,20,21,23)/t16?,17-,18+. The number of nitrogens with one attached hydrogen (secondary N) is 2. The van der Waals surface area contributed by atoms with Crippen LogP contribution in [0.2, 0.25) is 0 Å². The lowest BCUT2D eigenvalue weighted by atomic mass is 9.81. The minimum absolute atomic E-state index is 0.533. The molecule has 2 aliphatic rings. The third-order valence-electron chi connectivity index (χ3n) is 5.28. The Morgan fingerprint density at radius 1 is 1.17 bits per heavy atom. The summed E-state index contributed by atoms with van der Waals surface area (Å²) in [7, 11) is 0. The average Bonchev–Trinajstić information content (AvgIpc) is 2.50. The van der Waals surface area contributed by atoms with E-state index in [4.69, 9.17) is 12.2 Å². The fraction of sp³-hybridized carbons (Fsp3) is 0.632. The van der Waals surface area contributed by atoms with Gasteiger partial charge in [0.1, 0.15) is 0 Å². The van der Waals surface area contributed by atoms with Crippen LogP contribution in [-0.2, 0) is 6.54 Å². The van der Waals surface area contributed by atoms with Crippen molar-refractivity contribution in [3.8, 4) is 0 Å². The zero-order valence-corrected chi connectivity index (χ0v) is 15.2. The minimum Gasteiger partial charge on any atom is -0.363 e. The molecule has 3 atom stereocenters. The Hall–Kier alpha value is -1.13. The molecule has 0 aromatic heterocycles. The number of thiocarbonyl (C=S) groups is 1. The molecular formula is C19H29N3S. The Kier molecular flexibility index (Phi) is 5.54. The van der Waals surface area contributed by atoms with E-state index in [0.29, 0.717) is 18.1 Å². The van der Waals surface area contributed by atoms with Crippen LogP contribution in [-0.4, -0.2) is 34.7 Å². The van der Waals surface area contributed by atoms with Gasteiger partial charge in [-0.15, -0.1) is 0 Å². The maximum Gasteiger partial charge on any atom is 0.166 e. The van der Waals surface area contributed by atoms with Gasteiger partial charge in [-0.3, -0.25) is 4.90 Å². The van der Waals surface area contributed by atoms with E-state index >= 15 is 0 Å². The van der Waals surface area contributed by atoms with Crippen LogP contribution in [0.15, 0.2) is 24.3 Å². The summed E-state index contributed by atoms with van der Waals surface area (Å²) in [6, 6.07) is 11.0. The Morgan fingerprint density at radius 3 is 2.43 bits per heavy atom. The highest BCUT2D eigenvalue weighted by Gasteiger charge is 2.38. The van der Waals surface area contributed by atoms with Gasteiger partial charge in [-0.1, -0.05) is 36.2 Å². The van der Waals surface area contributed by atoms with Gasteiger partial charge in [0.05, 0.1) is 0 Å². The summed E-state index contributed by atoms with van der Waals surface area (Å²) in [4.78, 5) is 2.75. The lowest BCUT2D eigenvalue weighted by molar-refractivity contribution is 0.0210. The van der Waals surface area contributed by atoms with Crippen molar-refractivity contribution >= 4 is 17.3 Å². The molecule has 2 N–H and O–H groups in total. The molecule has 0 saturated carbocycles. The van der Waals surface area contributed by atoms with Crippen molar-refractivity contribution < 1.29 is 0 Å². The quantitative estimate of drug-likeness (QED) is 0.827. The van der Waals surface area contributed by atoms with E-state index in [1.54, 1.807) is 0 Å². The first-order chi connectivity index (χ1) is 11.2. The van der Waals surface area contributed by atoms with E-state index in [-0.39, 0.29) is 0 Å². The summed E-state index contributed by atoms with van der Waals surface area (Å²) < 4.78 is 0. The summed E-state index contributed by atoms with van der Waals surface area (Å²) in [6.45, 7) is 6.24. The molecule has 4 heteroatoms. The fourth-order valence-electron chi connectivity index (χ4n) is 4.16. The van der Waals surface area contributed by atoms with Crippen LogP contribution in [0.3, 0.4) is 0 Å². The number of hydrogen-bond donors (Lipinski definition) is 2. The SMILES string of the molecule is CCNC(=S)NC1C[C@H]2CCC[C@@H](C1)N2Cc1ccc(C)cc1. The second-order valence-corrected chi connectivity index (χ2v) is 7.48. The zero-order valence-electron chi connectivity index (χ0n) is 14.3. The van der Waals surface area contributed by atoms with Crippen molar-refractivity contribution in [2.75, 3.05) is 6.54 Å². The summed E-state index contributed by atoms with van der Waals surface area (Å²) in [5.74, 6) is 0. The number of aryl methyl sites for hydroxylation is 1. The van der Waals surface area contributed by atoms with E-state index in [0.717, 1.165) is 18.2 Å². The van der Waals surface area contributed by atoms with Crippen molar-refractivity contribution in [3.05, 3.63) is 35.4 Å². The Balaban J connectivity index is 1.62. The lowest BCUT2D eigenvalue weighted by Gasteiger charge is -2.49. The van der Waals surface area contributed by atoms with Gasteiger partial charge in [-0.25, -0.2) is 0 Å². The second kappa shape index (κ2) is 7.63. The van der Waals surface area contributed by atoms with Crippen LogP contribution in [0.5, 0.6) is 0 Å². The molecule has 3 rings (SSSR count). The van der Waals surface area contributed by atoms with Crippen molar-refractivity contribution in [3.63, 3.8) is 0 Å². The van der Waals surface area contributed by atoms with Crippen molar-refractivity contribution in [1.82, 2.24) is 15.5 Å². The average molecular weight is 332 g/mol. The van der Waals surface area contributed by atoms with E-state index in [1.807, 2.05) is 0 Å². The van der Waals surface area contributed by atoms with E-state index in [1.165, 1.54) is 43.2 Å². The molecule has 1 unspecified atom stereocenters. The van der Waals surface area contributed by atoms with Crippen LogP contribution in [0, 0.1) is 6.92 Å². The summed E-state index contributed by atoms with van der Waals surface area (Å²) in [5.41, 5.74) is 2.79. The third kappa shape index (κ3) is 4.24. The number of hydrogen-bond acceptors (Lipinski definition) is 2. The third-order valence-corrected chi connectivity index (χ3v) is 5.55. The van der Waals surface area contributed by atoms with Crippen molar-refractivity contribution in [1.29, 1.82) is 0 Å². The van der Waals surface area contributed by atoms with Gasteiger partial charge in [0, 0.05) is 31.2 Å². The fourth-order valence-corrected chi connectivity index (χ4v) is 4.47. The molecule has 2 heterocycles. The van der Waals surface area contributed by atoms with Crippen molar-refractivity contribution in [2.45, 2.75) is 70.6 Å². The Bertz CT molecular complexity index is 514. The maximum absolute atomic E-state index is 5.38. The summed E-state index contributed by atoms with van der Waals surface area (Å²) in [5, 5.41) is 7.58. The topological polar surface area (TPSA) is 27.3 Å². The van der Waals surface area contributed by atoms with Crippen LogP contribution in [0.1, 0.15) is 50.2 Å². The van der Waals surface area contributed by atoms with Crippen LogP contribution >= 0.6 is 12.2 Å². The van der Waals surface area contributed by atoms with Gasteiger partial charge in [0.15, 0.2) is 5.11 Å². The molecule has 3 nitrogen and oxygen atoms in total. The van der Waals surface area contributed by atoms with E-state index in [9.17, 15) is 0 Å². The smallest absolute Gasteiger partial charge is 0.166 e. The predicted molar refractivity (Wildman–Crippen MR) is 101 cm³/mol. The lowest BCUT2D eigenvalue weighted by Crippen LogP contribution is -2.57. The van der Waals surface area contributed by atoms with Crippen molar-refractivity contribution in [2.24, 2.45) is 0 Å². The minimum atomic E-state index is 0.533. The summed E-state index contributed by atoms with van der Waals surface area (Å²) in [6.07, 6.45) is 6.47. The molecular weight excluding hydrogens is 302 g/mol. The van der Waals surface area contributed by atoms with Gasteiger partial charge in [-0.2, -0.15) is 0 Å². The molecule has 0 aliphatic carbocycles. The number of piperidine rings is 2. The molecule has 23 heavy (non-hydrogen) atoms. The summed E-state index contributed by atoms with van der Waals surface area (Å²) >= 11 is 5.38. The molecule has 2 bridgehead atoms. The van der Waals surface area contributed by atoms with Crippen LogP contribution in [0.4, 0.5) is 0 Å². The molecule has 2 fully saturated rings. The van der Waals surface area contributed by atoms with E-state index in [2.05, 4.69) is 53.6 Å². The number of benzene rings is 1. The highest BCUT2D eigenvalue weighted by atomic mass is 32.1. The van der Waals surface area contributed by atoms with Gasteiger partial charge in [-0.05, 0) is 57.3 Å². The highest BCUT2D eigenvalue weighted by molar-refractivity contribution is 7.80. The maximum atomic E-state index is 5.38. The van der Waals surface area contributed by atoms with Crippen LogP contribution < -0.4 is 10.6 Å². The first kappa shape index (κ1) is 16.7. The van der Waals surface area contributed by atoms with Crippen LogP contribution in [0.25, 0.3) is 0 Å². The highest BCUT2D eigenvalue weighted by Crippen LogP contribution is 2.35. The largest absolute Gasteiger partial charge is 0.363 e. The first-order valence-corrected chi connectivity index (χ1v) is 9.42. The number of nitrogens with zero attached hydrogens (tertiary/aromatic N) is 1. The van der Waals surface area contributed by atoms with E-state index < -0.39 is 0 Å². The molecule has 0 amide bonds. The first-order valence-electron chi connectivity index (χ1n) is 9.01. The number of fused-ring (bicyclic) bond motifs is 2. The Morgan fingerprint density at radius 2 is 1.83 bits per heavy atom. The molecule has 0 radical (unpaired) electrons. The molecule has 1 aromatic rings. The van der Waals surface area contributed by atoms with Gasteiger partial charge >= 0.3 is 0 Å². The molecule has 126 valence electrons. The second-order valence-electron chi connectivity index (χ2n) is 7.07. The van der Waals surface area contributed by atoms with Gasteiger partial charge in [0.2, 0.25) is 0 Å². The normalized spacial score (nSPS) is 27.5. The van der Waals surface area contributed by atoms with Gasteiger partial charge < -0.3 is 10.6 Å². The zero-order chi connectivity index (χ0) is 16.2. The molecule has 2 saturated heterocycles.